The Bertz CT molecular complexity index is 870. The summed E-state index contributed by atoms with van der Waals surface area (Å²) in [6.45, 7) is 7.04. The van der Waals surface area contributed by atoms with Gasteiger partial charge in [-0.1, -0.05) is 38.1 Å². The fraction of sp³-hybridized carbons (Fsp3) is 0.263. The Morgan fingerprint density at radius 2 is 1.88 bits per heavy atom. The SMILES string of the molecule is CCn1c(NC(=O)c2ccccc2SC(C)C)nc2ccccc21. The fourth-order valence-corrected chi connectivity index (χ4v) is 3.62. The summed E-state index contributed by atoms with van der Waals surface area (Å²) < 4.78 is 2.02. The summed E-state index contributed by atoms with van der Waals surface area (Å²) in [5, 5.41) is 3.40. The number of amides is 1. The highest BCUT2D eigenvalue weighted by Crippen LogP contribution is 2.27. The third-order valence-electron chi connectivity index (χ3n) is 3.69. The molecule has 0 aliphatic carbocycles. The predicted octanol–water partition coefficient (Wildman–Crippen LogP) is 4.81. The maximum absolute atomic E-state index is 12.8. The van der Waals surface area contributed by atoms with Crippen molar-refractivity contribution in [3.63, 3.8) is 0 Å². The first-order valence-electron chi connectivity index (χ1n) is 8.12. The molecular weight excluding hydrogens is 318 g/mol. The smallest absolute Gasteiger partial charge is 0.259 e. The zero-order chi connectivity index (χ0) is 17.1. The van der Waals surface area contributed by atoms with Gasteiger partial charge in [0.1, 0.15) is 0 Å². The van der Waals surface area contributed by atoms with Crippen molar-refractivity contribution in [3.8, 4) is 0 Å². The van der Waals surface area contributed by atoms with Gasteiger partial charge in [-0.05, 0) is 31.2 Å². The lowest BCUT2D eigenvalue weighted by Gasteiger charge is -2.12. The molecule has 24 heavy (non-hydrogen) atoms. The van der Waals surface area contributed by atoms with Crippen molar-refractivity contribution in [2.45, 2.75) is 37.5 Å². The van der Waals surface area contributed by atoms with Crippen LogP contribution in [-0.2, 0) is 6.54 Å². The minimum atomic E-state index is -0.122. The second-order valence-electron chi connectivity index (χ2n) is 5.79. The zero-order valence-electron chi connectivity index (χ0n) is 14.1. The summed E-state index contributed by atoms with van der Waals surface area (Å²) in [5.41, 5.74) is 2.60. The van der Waals surface area contributed by atoms with Crippen LogP contribution in [0.4, 0.5) is 5.95 Å². The van der Waals surface area contributed by atoms with Crippen molar-refractivity contribution < 1.29 is 4.79 Å². The number of aromatic nitrogens is 2. The molecule has 0 saturated carbocycles. The molecule has 5 heteroatoms. The number of imidazole rings is 1. The quantitative estimate of drug-likeness (QED) is 0.679. The molecule has 4 nitrogen and oxygen atoms in total. The average molecular weight is 339 g/mol. The van der Waals surface area contributed by atoms with Crippen molar-refractivity contribution in [1.29, 1.82) is 0 Å². The molecule has 2 aromatic carbocycles. The minimum Gasteiger partial charge on any atom is -0.310 e. The lowest BCUT2D eigenvalue weighted by atomic mass is 10.2. The van der Waals surface area contributed by atoms with Crippen LogP contribution in [0.25, 0.3) is 11.0 Å². The van der Waals surface area contributed by atoms with E-state index in [1.54, 1.807) is 11.8 Å². The number of carbonyl (C=O) groups is 1. The van der Waals surface area contributed by atoms with Crippen LogP contribution in [0.3, 0.4) is 0 Å². The van der Waals surface area contributed by atoms with E-state index in [0.717, 1.165) is 22.5 Å². The first-order chi connectivity index (χ1) is 11.6. The van der Waals surface area contributed by atoms with Gasteiger partial charge in [0.05, 0.1) is 16.6 Å². The van der Waals surface area contributed by atoms with Gasteiger partial charge in [-0.15, -0.1) is 11.8 Å². The lowest BCUT2D eigenvalue weighted by molar-refractivity contribution is 0.102. The molecule has 0 bridgehead atoms. The van der Waals surface area contributed by atoms with Crippen LogP contribution in [-0.4, -0.2) is 20.7 Å². The van der Waals surface area contributed by atoms with E-state index in [4.69, 9.17) is 0 Å². The Morgan fingerprint density at radius 1 is 1.17 bits per heavy atom. The van der Waals surface area contributed by atoms with Crippen LogP contribution >= 0.6 is 11.8 Å². The summed E-state index contributed by atoms with van der Waals surface area (Å²) >= 11 is 1.69. The summed E-state index contributed by atoms with van der Waals surface area (Å²) in [6.07, 6.45) is 0. The van der Waals surface area contributed by atoms with Gasteiger partial charge < -0.3 is 4.57 Å². The van der Waals surface area contributed by atoms with Gasteiger partial charge in [-0.3, -0.25) is 10.1 Å². The first kappa shape index (κ1) is 16.6. The predicted molar refractivity (Wildman–Crippen MR) is 101 cm³/mol. The molecule has 0 atom stereocenters. The van der Waals surface area contributed by atoms with Gasteiger partial charge in [0.15, 0.2) is 0 Å². The fourth-order valence-electron chi connectivity index (χ4n) is 2.67. The highest BCUT2D eigenvalue weighted by Gasteiger charge is 2.16. The summed E-state index contributed by atoms with van der Waals surface area (Å²) in [5.74, 6) is 0.469. The summed E-state index contributed by atoms with van der Waals surface area (Å²) in [7, 11) is 0. The Labute approximate surface area is 146 Å². The van der Waals surface area contributed by atoms with Crippen molar-refractivity contribution in [2.75, 3.05) is 5.32 Å². The van der Waals surface area contributed by atoms with E-state index in [0.29, 0.717) is 16.8 Å². The molecule has 0 radical (unpaired) electrons. The van der Waals surface area contributed by atoms with E-state index < -0.39 is 0 Å². The number of anilines is 1. The molecule has 1 N–H and O–H groups in total. The highest BCUT2D eigenvalue weighted by atomic mass is 32.2. The molecule has 0 spiro atoms. The molecule has 1 amide bonds. The molecule has 3 rings (SSSR count). The van der Waals surface area contributed by atoms with E-state index in [-0.39, 0.29) is 5.91 Å². The molecule has 1 aromatic heterocycles. The van der Waals surface area contributed by atoms with Gasteiger partial charge in [-0.25, -0.2) is 4.98 Å². The molecule has 0 fully saturated rings. The Hall–Kier alpha value is -2.27. The van der Waals surface area contributed by atoms with E-state index >= 15 is 0 Å². The Kier molecular flexibility index (Phi) is 4.90. The van der Waals surface area contributed by atoms with Gasteiger partial charge in [0, 0.05) is 16.7 Å². The Morgan fingerprint density at radius 3 is 2.62 bits per heavy atom. The Balaban J connectivity index is 1.93. The molecule has 0 aliphatic rings. The number of carbonyl (C=O) groups excluding carboxylic acids is 1. The van der Waals surface area contributed by atoms with Crippen LogP contribution in [0.2, 0.25) is 0 Å². The van der Waals surface area contributed by atoms with Crippen LogP contribution in [0, 0.1) is 0 Å². The summed E-state index contributed by atoms with van der Waals surface area (Å²) in [6, 6.07) is 15.6. The number of benzene rings is 2. The molecule has 0 aliphatic heterocycles. The molecular formula is C19H21N3OS. The normalized spacial score (nSPS) is 11.2. The molecule has 124 valence electrons. The summed E-state index contributed by atoms with van der Waals surface area (Å²) in [4.78, 5) is 18.3. The van der Waals surface area contributed by atoms with Crippen molar-refractivity contribution >= 4 is 34.7 Å². The second kappa shape index (κ2) is 7.09. The number of hydrogen-bond donors (Lipinski definition) is 1. The number of nitrogens with one attached hydrogen (secondary N) is 1. The number of fused-ring (bicyclic) bond motifs is 1. The van der Waals surface area contributed by atoms with Gasteiger partial charge in [0.2, 0.25) is 5.95 Å². The highest BCUT2D eigenvalue weighted by molar-refractivity contribution is 8.00. The lowest BCUT2D eigenvalue weighted by Crippen LogP contribution is -2.16. The third kappa shape index (κ3) is 3.31. The number of para-hydroxylation sites is 2. The number of hydrogen-bond acceptors (Lipinski definition) is 3. The van der Waals surface area contributed by atoms with Crippen LogP contribution in [0.5, 0.6) is 0 Å². The van der Waals surface area contributed by atoms with Crippen LogP contribution in [0.1, 0.15) is 31.1 Å². The number of aryl methyl sites for hydroxylation is 1. The van der Waals surface area contributed by atoms with E-state index in [9.17, 15) is 4.79 Å². The monoisotopic (exact) mass is 339 g/mol. The van der Waals surface area contributed by atoms with E-state index in [2.05, 4.69) is 24.1 Å². The van der Waals surface area contributed by atoms with Gasteiger partial charge in [0.25, 0.3) is 5.91 Å². The van der Waals surface area contributed by atoms with Gasteiger partial charge >= 0.3 is 0 Å². The zero-order valence-corrected chi connectivity index (χ0v) is 14.9. The van der Waals surface area contributed by atoms with Crippen molar-refractivity contribution in [2.24, 2.45) is 0 Å². The number of nitrogens with zero attached hydrogens (tertiary/aromatic N) is 2. The average Bonchev–Trinajstić information content (AvgIpc) is 2.91. The first-order valence-corrected chi connectivity index (χ1v) is 9.00. The van der Waals surface area contributed by atoms with Gasteiger partial charge in [-0.2, -0.15) is 0 Å². The maximum atomic E-state index is 12.8. The molecule has 0 unspecified atom stereocenters. The largest absolute Gasteiger partial charge is 0.310 e. The standard InChI is InChI=1S/C19H21N3OS/c1-4-22-16-11-7-6-10-15(16)20-19(22)21-18(23)14-9-5-8-12-17(14)24-13(2)3/h5-13H,4H2,1-3H3,(H,20,21,23). The maximum Gasteiger partial charge on any atom is 0.259 e. The molecule has 0 saturated heterocycles. The van der Waals surface area contributed by atoms with E-state index in [1.165, 1.54) is 0 Å². The minimum absolute atomic E-state index is 0.122. The molecule has 3 aromatic rings. The van der Waals surface area contributed by atoms with Crippen LogP contribution < -0.4 is 5.32 Å². The van der Waals surface area contributed by atoms with Crippen molar-refractivity contribution in [3.05, 3.63) is 54.1 Å². The molecule has 1 heterocycles. The van der Waals surface area contributed by atoms with Crippen LogP contribution in [0.15, 0.2) is 53.4 Å². The topological polar surface area (TPSA) is 46.9 Å². The second-order valence-corrected chi connectivity index (χ2v) is 7.40. The van der Waals surface area contributed by atoms with E-state index in [1.807, 2.05) is 60.0 Å². The van der Waals surface area contributed by atoms with Crippen molar-refractivity contribution in [1.82, 2.24) is 9.55 Å². The number of thioether (sulfide) groups is 1. The number of rotatable bonds is 5. The third-order valence-corrected chi connectivity index (χ3v) is 4.77.